The van der Waals surface area contributed by atoms with Crippen LogP contribution in [0.3, 0.4) is 0 Å². The summed E-state index contributed by atoms with van der Waals surface area (Å²) in [6.07, 6.45) is 0. The van der Waals surface area contributed by atoms with Gasteiger partial charge in [0.25, 0.3) is 0 Å². The first-order valence-electron chi connectivity index (χ1n) is 10.6. The number of guanidine groups is 1. The largest absolute Gasteiger partial charge is 0.379 e. The summed E-state index contributed by atoms with van der Waals surface area (Å²) >= 11 is 0. The fourth-order valence-corrected chi connectivity index (χ4v) is 3.30. The van der Waals surface area contributed by atoms with Gasteiger partial charge in [0.05, 0.1) is 13.2 Å². The Kier molecular flexibility index (Phi) is 12.3. The van der Waals surface area contributed by atoms with Gasteiger partial charge in [-0.25, -0.2) is 0 Å². The molecule has 1 unspecified atom stereocenters. The van der Waals surface area contributed by atoms with Crippen LogP contribution in [0.2, 0.25) is 0 Å². The Bertz CT molecular complexity index is 658. The van der Waals surface area contributed by atoms with Crippen molar-refractivity contribution in [2.45, 2.75) is 40.3 Å². The summed E-state index contributed by atoms with van der Waals surface area (Å²) in [6.45, 7) is 13.4. The van der Waals surface area contributed by atoms with E-state index in [1.54, 1.807) is 7.05 Å². The molecule has 30 heavy (non-hydrogen) atoms. The lowest BCUT2D eigenvalue weighted by Gasteiger charge is -2.37. The Hall–Kier alpha value is -1.39. The minimum Gasteiger partial charge on any atom is -0.379 e. The van der Waals surface area contributed by atoms with Gasteiger partial charge in [0, 0.05) is 50.9 Å². The van der Waals surface area contributed by atoms with E-state index in [9.17, 15) is 4.79 Å². The van der Waals surface area contributed by atoms with Gasteiger partial charge < -0.3 is 20.7 Å². The standard InChI is InChI=1S/C22H37N5O2.HI/c1-16(2)20(27-10-12-29-13-11-27)15-25-22(23-5)24-14-18-6-8-19(9-7-18)26-21(28)17(3)4;/h6-9,16-17,20H,10-15H2,1-5H3,(H,26,28)(H2,23,24,25);1H. The maximum atomic E-state index is 11.8. The molecule has 1 amide bonds. The summed E-state index contributed by atoms with van der Waals surface area (Å²) in [4.78, 5) is 18.6. The van der Waals surface area contributed by atoms with Gasteiger partial charge in [-0.3, -0.25) is 14.7 Å². The molecular formula is C22H38IN5O2. The SMILES string of the molecule is CN=C(NCc1ccc(NC(=O)C(C)C)cc1)NCC(C(C)C)N1CCOCC1.I. The number of nitrogens with zero attached hydrogens (tertiary/aromatic N) is 2. The second-order valence-electron chi connectivity index (χ2n) is 8.11. The Labute approximate surface area is 198 Å². The zero-order valence-electron chi connectivity index (χ0n) is 18.9. The third kappa shape index (κ3) is 8.77. The normalized spacial score (nSPS) is 16.2. The van der Waals surface area contributed by atoms with Crippen molar-refractivity contribution in [1.82, 2.24) is 15.5 Å². The number of aliphatic imine (C=N–C) groups is 1. The monoisotopic (exact) mass is 531 g/mol. The van der Waals surface area contributed by atoms with Gasteiger partial charge in [-0.15, -0.1) is 24.0 Å². The van der Waals surface area contributed by atoms with Crippen LogP contribution in [0.5, 0.6) is 0 Å². The smallest absolute Gasteiger partial charge is 0.226 e. The van der Waals surface area contributed by atoms with E-state index < -0.39 is 0 Å². The van der Waals surface area contributed by atoms with E-state index in [1.807, 2.05) is 38.1 Å². The van der Waals surface area contributed by atoms with Gasteiger partial charge in [0.2, 0.25) is 5.91 Å². The van der Waals surface area contributed by atoms with E-state index in [1.165, 1.54) is 0 Å². The number of hydrogen-bond acceptors (Lipinski definition) is 4. The molecular weight excluding hydrogens is 493 g/mol. The summed E-state index contributed by atoms with van der Waals surface area (Å²) in [6, 6.07) is 8.34. The van der Waals surface area contributed by atoms with E-state index in [-0.39, 0.29) is 35.8 Å². The number of nitrogens with one attached hydrogen (secondary N) is 3. The molecule has 0 aliphatic carbocycles. The average molecular weight is 531 g/mol. The molecule has 1 atom stereocenters. The summed E-state index contributed by atoms with van der Waals surface area (Å²) < 4.78 is 5.48. The number of amides is 1. The van der Waals surface area contributed by atoms with Gasteiger partial charge >= 0.3 is 0 Å². The predicted octanol–water partition coefficient (Wildman–Crippen LogP) is 2.92. The fraction of sp³-hybridized carbons (Fsp3) is 0.636. The molecule has 1 aliphatic heterocycles. The van der Waals surface area contributed by atoms with Crippen molar-refractivity contribution >= 4 is 41.5 Å². The zero-order valence-corrected chi connectivity index (χ0v) is 21.2. The molecule has 2 rings (SSSR count). The number of carbonyl (C=O) groups excluding carboxylic acids is 1. The van der Waals surface area contributed by atoms with Crippen LogP contribution in [0.15, 0.2) is 29.3 Å². The number of carbonyl (C=O) groups is 1. The Morgan fingerprint density at radius 2 is 1.73 bits per heavy atom. The Morgan fingerprint density at radius 3 is 2.27 bits per heavy atom. The first-order chi connectivity index (χ1) is 13.9. The molecule has 1 heterocycles. The van der Waals surface area contributed by atoms with Crippen molar-refractivity contribution in [3.05, 3.63) is 29.8 Å². The quantitative estimate of drug-likeness (QED) is 0.273. The predicted molar refractivity (Wildman–Crippen MR) is 135 cm³/mol. The Morgan fingerprint density at radius 1 is 1.10 bits per heavy atom. The van der Waals surface area contributed by atoms with Crippen LogP contribution in [0.1, 0.15) is 33.3 Å². The molecule has 3 N–H and O–H groups in total. The highest BCUT2D eigenvalue weighted by atomic mass is 127. The molecule has 1 aromatic carbocycles. The highest BCUT2D eigenvalue weighted by Gasteiger charge is 2.23. The number of benzene rings is 1. The second-order valence-corrected chi connectivity index (χ2v) is 8.11. The van der Waals surface area contributed by atoms with Gasteiger partial charge in [-0.2, -0.15) is 0 Å². The van der Waals surface area contributed by atoms with Crippen LogP contribution in [-0.2, 0) is 16.1 Å². The van der Waals surface area contributed by atoms with Crippen LogP contribution >= 0.6 is 24.0 Å². The van der Waals surface area contributed by atoms with E-state index in [0.29, 0.717) is 18.5 Å². The first-order valence-corrected chi connectivity index (χ1v) is 10.6. The van der Waals surface area contributed by atoms with Crippen LogP contribution in [0.25, 0.3) is 0 Å². The maximum absolute atomic E-state index is 11.8. The third-order valence-corrected chi connectivity index (χ3v) is 5.19. The van der Waals surface area contributed by atoms with E-state index in [4.69, 9.17) is 4.74 Å². The van der Waals surface area contributed by atoms with E-state index >= 15 is 0 Å². The molecule has 170 valence electrons. The molecule has 1 aromatic rings. The summed E-state index contributed by atoms with van der Waals surface area (Å²) in [5.41, 5.74) is 1.95. The van der Waals surface area contributed by atoms with Crippen molar-refractivity contribution in [2.75, 3.05) is 45.2 Å². The topological polar surface area (TPSA) is 78.0 Å². The molecule has 7 nitrogen and oxygen atoms in total. The van der Waals surface area contributed by atoms with Gasteiger partial charge in [-0.1, -0.05) is 39.8 Å². The lowest BCUT2D eigenvalue weighted by Crippen LogP contribution is -2.52. The van der Waals surface area contributed by atoms with Crippen LogP contribution in [-0.4, -0.2) is 62.7 Å². The maximum Gasteiger partial charge on any atom is 0.226 e. The Balaban J connectivity index is 0.00000450. The lowest BCUT2D eigenvalue weighted by molar-refractivity contribution is -0.118. The summed E-state index contributed by atoms with van der Waals surface area (Å²) in [5.74, 6) is 1.34. The molecule has 8 heteroatoms. The highest BCUT2D eigenvalue weighted by molar-refractivity contribution is 14.0. The summed E-state index contributed by atoms with van der Waals surface area (Å²) in [7, 11) is 1.79. The minimum absolute atomic E-state index is 0. The van der Waals surface area contributed by atoms with Crippen LogP contribution in [0.4, 0.5) is 5.69 Å². The van der Waals surface area contributed by atoms with Crippen molar-refractivity contribution < 1.29 is 9.53 Å². The molecule has 1 saturated heterocycles. The molecule has 0 radical (unpaired) electrons. The number of hydrogen-bond donors (Lipinski definition) is 3. The van der Waals surface area contributed by atoms with Crippen LogP contribution in [0, 0.1) is 11.8 Å². The van der Waals surface area contributed by atoms with Gasteiger partial charge in [0.1, 0.15) is 0 Å². The number of halogens is 1. The van der Waals surface area contributed by atoms with Crippen molar-refractivity contribution in [2.24, 2.45) is 16.8 Å². The molecule has 0 aromatic heterocycles. The lowest BCUT2D eigenvalue weighted by atomic mass is 10.0. The van der Waals surface area contributed by atoms with E-state index in [2.05, 4.69) is 39.7 Å². The number of rotatable bonds is 8. The first kappa shape index (κ1) is 26.6. The van der Waals surface area contributed by atoms with Gasteiger partial charge in [0.15, 0.2) is 5.96 Å². The second kappa shape index (κ2) is 13.8. The fourth-order valence-electron chi connectivity index (χ4n) is 3.30. The van der Waals surface area contributed by atoms with Crippen molar-refractivity contribution in [1.29, 1.82) is 0 Å². The zero-order chi connectivity index (χ0) is 21.2. The van der Waals surface area contributed by atoms with Crippen molar-refractivity contribution in [3.63, 3.8) is 0 Å². The van der Waals surface area contributed by atoms with Gasteiger partial charge in [-0.05, 0) is 23.6 Å². The molecule has 0 saturated carbocycles. The van der Waals surface area contributed by atoms with E-state index in [0.717, 1.165) is 50.1 Å². The number of morpholine rings is 1. The average Bonchev–Trinajstić information content (AvgIpc) is 2.72. The van der Waals surface area contributed by atoms with Crippen molar-refractivity contribution in [3.8, 4) is 0 Å². The molecule has 1 fully saturated rings. The minimum atomic E-state index is -0.0298. The molecule has 1 aliphatic rings. The highest BCUT2D eigenvalue weighted by Crippen LogP contribution is 2.13. The summed E-state index contributed by atoms with van der Waals surface area (Å²) in [5, 5.41) is 9.75. The molecule has 0 spiro atoms. The molecule has 0 bridgehead atoms. The third-order valence-electron chi connectivity index (χ3n) is 5.19. The number of anilines is 1. The number of ether oxygens (including phenoxy) is 1. The van der Waals surface area contributed by atoms with Crippen LogP contribution < -0.4 is 16.0 Å².